The molecule has 0 aromatic rings. The molecule has 1 rings (SSSR count). The van der Waals surface area contributed by atoms with Crippen molar-refractivity contribution in [2.45, 2.75) is 39.2 Å². The summed E-state index contributed by atoms with van der Waals surface area (Å²) in [5.74, 6) is 2.15. The molecular formula is C11H23NO. The van der Waals surface area contributed by atoms with Crippen LogP contribution in [0.1, 0.15) is 33.1 Å². The molecule has 4 atom stereocenters. The van der Waals surface area contributed by atoms with Gasteiger partial charge >= 0.3 is 0 Å². The highest BCUT2D eigenvalue weighted by molar-refractivity contribution is 4.80. The van der Waals surface area contributed by atoms with Crippen LogP contribution in [0, 0.1) is 17.8 Å². The number of nitrogens with one attached hydrogen (secondary N) is 1. The SMILES string of the molecule is CNCC(O)C1CCC(C)C(C)C1. The van der Waals surface area contributed by atoms with Crippen LogP contribution in [-0.4, -0.2) is 24.8 Å². The van der Waals surface area contributed by atoms with Crippen LogP contribution >= 0.6 is 0 Å². The minimum atomic E-state index is -0.139. The fraction of sp³-hybridized carbons (Fsp3) is 1.00. The average Bonchev–Trinajstić information content (AvgIpc) is 2.10. The Morgan fingerprint density at radius 3 is 2.54 bits per heavy atom. The van der Waals surface area contributed by atoms with Crippen LogP contribution in [0.25, 0.3) is 0 Å². The second-order valence-corrected chi connectivity index (χ2v) is 4.65. The number of hydrogen-bond donors (Lipinski definition) is 2. The van der Waals surface area contributed by atoms with Crippen molar-refractivity contribution in [1.82, 2.24) is 5.32 Å². The molecule has 0 aromatic heterocycles. The molecule has 0 saturated heterocycles. The highest BCUT2D eigenvalue weighted by atomic mass is 16.3. The third kappa shape index (κ3) is 2.96. The monoisotopic (exact) mass is 185 g/mol. The molecule has 0 radical (unpaired) electrons. The number of likely N-dealkylation sites (N-methyl/N-ethyl adjacent to an activating group) is 1. The van der Waals surface area contributed by atoms with E-state index in [-0.39, 0.29) is 6.10 Å². The van der Waals surface area contributed by atoms with Gasteiger partial charge in [0.2, 0.25) is 0 Å². The lowest BCUT2D eigenvalue weighted by Gasteiger charge is -2.34. The average molecular weight is 185 g/mol. The standard InChI is InChI=1S/C11H23NO/c1-8-4-5-10(6-9(8)2)11(13)7-12-3/h8-13H,4-7H2,1-3H3. The minimum Gasteiger partial charge on any atom is -0.392 e. The molecule has 0 spiro atoms. The van der Waals surface area contributed by atoms with E-state index in [4.69, 9.17) is 0 Å². The Morgan fingerprint density at radius 1 is 1.31 bits per heavy atom. The number of aliphatic hydroxyl groups excluding tert-OH is 1. The van der Waals surface area contributed by atoms with E-state index in [9.17, 15) is 5.11 Å². The van der Waals surface area contributed by atoms with Gasteiger partial charge in [-0.3, -0.25) is 0 Å². The van der Waals surface area contributed by atoms with Crippen LogP contribution in [0.4, 0.5) is 0 Å². The summed E-state index contributed by atoms with van der Waals surface area (Å²) in [6.07, 6.45) is 3.55. The Bertz CT molecular complexity index is 149. The van der Waals surface area contributed by atoms with E-state index in [2.05, 4.69) is 19.2 Å². The highest BCUT2D eigenvalue weighted by Gasteiger charge is 2.28. The molecule has 13 heavy (non-hydrogen) atoms. The van der Waals surface area contributed by atoms with E-state index in [0.717, 1.165) is 18.4 Å². The van der Waals surface area contributed by atoms with Crippen molar-refractivity contribution in [1.29, 1.82) is 0 Å². The van der Waals surface area contributed by atoms with Gasteiger partial charge in [0.1, 0.15) is 0 Å². The van der Waals surface area contributed by atoms with Gasteiger partial charge in [0.25, 0.3) is 0 Å². The Kier molecular flexibility index (Phi) is 4.20. The lowest BCUT2D eigenvalue weighted by atomic mass is 9.74. The fourth-order valence-corrected chi connectivity index (χ4v) is 2.31. The molecule has 1 aliphatic rings. The maximum absolute atomic E-state index is 9.82. The normalized spacial score (nSPS) is 37.4. The van der Waals surface area contributed by atoms with E-state index < -0.39 is 0 Å². The van der Waals surface area contributed by atoms with Crippen molar-refractivity contribution in [3.8, 4) is 0 Å². The largest absolute Gasteiger partial charge is 0.392 e. The number of hydrogen-bond acceptors (Lipinski definition) is 2. The number of aliphatic hydroxyl groups is 1. The van der Waals surface area contributed by atoms with Crippen molar-refractivity contribution in [3.63, 3.8) is 0 Å². The number of rotatable bonds is 3. The zero-order valence-electron chi connectivity index (χ0n) is 9.09. The van der Waals surface area contributed by atoms with Crippen LogP contribution in [0.15, 0.2) is 0 Å². The molecule has 2 N–H and O–H groups in total. The maximum atomic E-state index is 9.82. The maximum Gasteiger partial charge on any atom is 0.0692 e. The second-order valence-electron chi connectivity index (χ2n) is 4.65. The third-order valence-corrected chi connectivity index (χ3v) is 3.60. The topological polar surface area (TPSA) is 32.3 Å². The predicted octanol–water partition coefficient (Wildman–Crippen LogP) is 1.64. The molecule has 0 bridgehead atoms. The molecule has 2 heteroatoms. The highest BCUT2D eigenvalue weighted by Crippen LogP contribution is 2.34. The molecule has 1 fully saturated rings. The molecular weight excluding hydrogens is 162 g/mol. The summed E-state index contributed by atoms with van der Waals surface area (Å²) in [6, 6.07) is 0. The summed E-state index contributed by atoms with van der Waals surface area (Å²) in [4.78, 5) is 0. The quantitative estimate of drug-likeness (QED) is 0.700. The molecule has 1 aliphatic carbocycles. The summed E-state index contributed by atoms with van der Waals surface area (Å²) in [7, 11) is 1.90. The third-order valence-electron chi connectivity index (χ3n) is 3.60. The van der Waals surface area contributed by atoms with Gasteiger partial charge in [-0.15, -0.1) is 0 Å². The zero-order chi connectivity index (χ0) is 9.84. The van der Waals surface area contributed by atoms with Crippen LogP contribution < -0.4 is 5.32 Å². The van der Waals surface area contributed by atoms with E-state index in [1.807, 2.05) is 7.05 Å². The first-order valence-corrected chi connectivity index (χ1v) is 5.47. The molecule has 0 heterocycles. The molecule has 2 nitrogen and oxygen atoms in total. The Labute approximate surface area is 81.7 Å². The fourth-order valence-electron chi connectivity index (χ4n) is 2.31. The first kappa shape index (κ1) is 11.0. The van der Waals surface area contributed by atoms with Gasteiger partial charge in [0.05, 0.1) is 6.10 Å². The molecule has 78 valence electrons. The van der Waals surface area contributed by atoms with E-state index in [1.54, 1.807) is 0 Å². The molecule has 0 aliphatic heterocycles. The lowest BCUT2D eigenvalue weighted by molar-refractivity contribution is 0.0580. The van der Waals surface area contributed by atoms with E-state index in [0.29, 0.717) is 5.92 Å². The van der Waals surface area contributed by atoms with Crippen LogP contribution in [0.3, 0.4) is 0 Å². The van der Waals surface area contributed by atoms with Crippen molar-refractivity contribution < 1.29 is 5.11 Å². The lowest BCUT2D eigenvalue weighted by Crippen LogP contribution is -2.35. The summed E-state index contributed by atoms with van der Waals surface area (Å²) < 4.78 is 0. The molecule has 0 amide bonds. The van der Waals surface area contributed by atoms with Gasteiger partial charge in [-0.05, 0) is 37.6 Å². The van der Waals surface area contributed by atoms with Crippen molar-refractivity contribution in [2.75, 3.05) is 13.6 Å². The molecule has 4 unspecified atom stereocenters. The molecule has 0 aromatic carbocycles. The van der Waals surface area contributed by atoms with Gasteiger partial charge in [0, 0.05) is 6.54 Å². The first-order valence-electron chi connectivity index (χ1n) is 5.47. The van der Waals surface area contributed by atoms with Crippen molar-refractivity contribution in [2.24, 2.45) is 17.8 Å². The summed E-state index contributed by atoms with van der Waals surface area (Å²) in [5.41, 5.74) is 0. The predicted molar refractivity (Wildman–Crippen MR) is 55.6 cm³/mol. The van der Waals surface area contributed by atoms with Gasteiger partial charge in [-0.1, -0.05) is 20.3 Å². The van der Waals surface area contributed by atoms with Crippen LogP contribution in [-0.2, 0) is 0 Å². The smallest absolute Gasteiger partial charge is 0.0692 e. The Hall–Kier alpha value is -0.0800. The van der Waals surface area contributed by atoms with Gasteiger partial charge in [0.15, 0.2) is 0 Å². The minimum absolute atomic E-state index is 0.139. The summed E-state index contributed by atoms with van der Waals surface area (Å²) >= 11 is 0. The Balaban J connectivity index is 2.36. The van der Waals surface area contributed by atoms with Gasteiger partial charge < -0.3 is 10.4 Å². The van der Waals surface area contributed by atoms with Crippen LogP contribution in [0.5, 0.6) is 0 Å². The van der Waals surface area contributed by atoms with Crippen LogP contribution in [0.2, 0.25) is 0 Å². The zero-order valence-corrected chi connectivity index (χ0v) is 9.09. The molecule has 1 saturated carbocycles. The first-order chi connectivity index (χ1) is 6.15. The van der Waals surface area contributed by atoms with Gasteiger partial charge in [-0.25, -0.2) is 0 Å². The summed E-state index contributed by atoms with van der Waals surface area (Å²) in [6.45, 7) is 5.38. The van der Waals surface area contributed by atoms with E-state index >= 15 is 0 Å². The van der Waals surface area contributed by atoms with Gasteiger partial charge in [-0.2, -0.15) is 0 Å². The van der Waals surface area contributed by atoms with E-state index in [1.165, 1.54) is 19.3 Å². The second kappa shape index (κ2) is 4.97. The van der Waals surface area contributed by atoms with Crippen molar-refractivity contribution in [3.05, 3.63) is 0 Å². The summed E-state index contributed by atoms with van der Waals surface area (Å²) in [5, 5.41) is 12.9. The van der Waals surface area contributed by atoms with Crippen molar-refractivity contribution >= 4 is 0 Å². The Morgan fingerprint density at radius 2 is 2.00 bits per heavy atom.